The summed E-state index contributed by atoms with van der Waals surface area (Å²) in [6.45, 7) is 8.39. The van der Waals surface area contributed by atoms with E-state index in [1.165, 1.54) is 11.3 Å². The van der Waals surface area contributed by atoms with Gasteiger partial charge in [-0.3, -0.25) is 0 Å². The molecule has 0 aliphatic heterocycles. The van der Waals surface area contributed by atoms with E-state index in [4.69, 9.17) is 4.74 Å². The zero-order chi connectivity index (χ0) is 10.8. The van der Waals surface area contributed by atoms with Gasteiger partial charge in [-0.25, -0.2) is 9.78 Å². The molecule has 0 saturated carbocycles. The van der Waals surface area contributed by atoms with Gasteiger partial charge in [0.05, 0.1) is 11.6 Å². The topological polar surface area (TPSA) is 39.2 Å². The summed E-state index contributed by atoms with van der Waals surface area (Å²) in [5.41, 5.74) is 0.414. The fourth-order valence-electron chi connectivity index (χ4n) is 0.917. The smallest absolute Gasteiger partial charge is 0.357 e. The number of rotatable bonds is 2. The Morgan fingerprint density at radius 1 is 1.57 bits per heavy atom. The third-order valence-corrected chi connectivity index (χ3v) is 2.90. The Labute approximate surface area is 88.1 Å². The van der Waals surface area contributed by atoms with E-state index in [1.807, 2.05) is 0 Å². The Balaban J connectivity index is 2.83. The number of hydrogen-bond acceptors (Lipinski definition) is 4. The number of carbonyl (C=O) groups excluding carboxylic acids is 1. The first kappa shape index (κ1) is 11.2. The predicted octanol–water partition coefficient (Wildman–Crippen LogP) is 2.62. The molecule has 0 bridgehead atoms. The summed E-state index contributed by atoms with van der Waals surface area (Å²) in [4.78, 5) is 15.6. The summed E-state index contributed by atoms with van der Waals surface area (Å²) < 4.78 is 4.86. The molecular weight excluding hydrogens is 198 g/mol. The van der Waals surface area contributed by atoms with Crippen LogP contribution in [0.2, 0.25) is 0 Å². The first-order valence-corrected chi connectivity index (χ1v) is 5.46. The van der Waals surface area contributed by atoms with Crippen LogP contribution in [0.4, 0.5) is 0 Å². The maximum atomic E-state index is 11.3. The van der Waals surface area contributed by atoms with Gasteiger partial charge in [-0.05, 0) is 6.92 Å². The fraction of sp³-hybridized carbons (Fsp3) is 0.600. The van der Waals surface area contributed by atoms with E-state index in [0.717, 1.165) is 5.01 Å². The molecule has 1 aromatic rings. The van der Waals surface area contributed by atoms with Crippen LogP contribution in [0.15, 0.2) is 5.38 Å². The molecule has 0 unspecified atom stereocenters. The van der Waals surface area contributed by atoms with Gasteiger partial charge in [0.1, 0.15) is 0 Å². The number of aromatic nitrogens is 1. The maximum absolute atomic E-state index is 11.3. The molecule has 0 aliphatic rings. The highest BCUT2D eigenvalue weighted by molar-refractivity contribution is 7.10. The Bertz CT molecular complexity index is 325. The molecule has 0 atom stereocenters. The van der Waals surface area contributed by atoms with Gasteiger partial charge in [-0.2, -0.15) is 0 Å². The zero-order valence-corrected chi connectivity index (χ0v) is 9.77. The van der Waals surface area contributed by atoms with Crippen LogP contribution in [0.1, 0.15) is 43.2 Å². The molecular formula is C10H15NO2S. The Morgan fingerprint density at radius 2 is 2.21 bits per heavy atom. The van der Waals surface area contributed by atoms with Crippen LogP contribution in [-0.2, 0) is 10.2 Å². The number of carbonyl (C=O) groups is 1. The number of hydrogen-bond donors (Lipinski definition) is 0. The average Bonchev–Trinajstić information content (AvgIpc) is 2.51. The standard InChI is InChI=1S/C10H15NO2S/c1-5-13-8(12)7-6-14-9(11-7)10(2,3)4/h6H,5H2,1-4H3. The van der Waals surface area contributed by atoms with Crippen molar-refractivity contribution in [1.82, 2.24) is 4.98 Å². The molecule has 3 nitrogen and oxygen atoms in total. The largest absolute Gasteiger partial charge is 0.461 e. The molecule has 0 radical (unpaired) electrons. The van der Waals surface area contributed by atoms with Gasteiger partial charge in [0.15, 0.2) is 5.69 Å². The second-order valence-corrected chi connectivity index (χ2v) is 4.87. The Morgan fingerprint density at radius 3 is 2.64 bits per heavy atom. The lowest BCUT2D eigenvalue weighted by Crippen LogP contribution is -2.12. The number of thiazole rings is 1. The highest BCUT2D eigenvalue weighted by Crippen LogP contribution is 2.25. The molecule has 0 fully saturated rings. The molecule has 1 aromatic heterocycles. The van der Waals surface area contributed by atoms with Crippen LogP contribution >= 0.6 is 11.3 Å². The van der Waals surface area contributed by atoms with E-state index in [-0.39, 0.29) is 11.4 Å². The lowest BCUT2D eigenvalue weighted by atomic mass is 9.98. The van der Waals surface area contributed by atoms with Gasteiger partial charge < -0.3 is 4.74 Å². The lowest BCUT2D eigenvalue weighted by Gasteiger charge is -2.13. The summed E-state index contributed by atoms with van der Waals surface area (Å²) in [5, 5.41) is 2.71. The van der Waals surface area contributed by atoms with Crippen molar-refractivity contribution in [2.75, 3.05) is 6.61 Å². The van der Waals surface area contributed by atoms with Gasteiger partial charge in [0.2, 0.25) is 0 Å². The quantitative estimate of drug-likeness (QED) is 0.709. The van der Waals surface area contributed by atoms with Gasteiger partial charge in [-0.1, -0.05) is 20.8 Å². The molecule has 0 aromatic carbocycles. The predicted molar refractivity (Wildman–Crippen MR) is 56.8 cm³/mol. The number of ether oxygens (including phenoxy) is 1. The Kier molecular flexibility index (Phi) is 3.26. The highest BCUT2D eigenvalue weighted by Gasteiger charge is 2.20. The minimum Gasteiger partial charge on any atom is -0.461 e. The van der Waals surface area contributed by atoms with E-state index in [2.05, 4.69) is 25.8 Å². The molecule has 1 rings (SSSR count). The summed E-state index contributed by atoms with van der Waals surface area (Å²) in [6.07, 6.45) is 0. The SMILES string of the molecule is CCOC(=O)c1csc(C(C)(C)C)n1. The maximum Gasteiger partial charge on any atom is 0.357 e. The van der Waals surface area contributed by atoms with Crippen LogP contribution < -0.4 is 0 Å². The van der Waals surface area contributed by atoms with Crippen LogP contribution in [0, 0.1) is 0 Å². The Hall–Kier alpha value is -0.900. The first-order chi connectivity index (χ1) is 6.45. The van der Waals surface area contributed by atoms with Crippen molar-refractivity contribution < 1.29 is 9.53 Å². The normalized spacial score (nSPS) is 11.4. The van der Waals surface area contributed by atoms with E-state index in [9.17, 15) is 4.79 Å². The molecule has 0 amide bonds. The van der Waals surface area contributed by atoms with E-state index >= 15 is 0 Å². The van der Waals surface area contributed by atoms with Crippen molar-refractivity contribution >= 4 is 17.3 Å². The van der Waals surface area contributed by atoms with Crippen molar-refractivity contribution in [3.05, 3.63) is 16.1 Å². The van der Waals surface area contributed by atoms with E-state index in [1.54, 1.807) is 12.3 Å². The number of esters is 1. The van der Waals surface area contributed by atoms with Gasteiger partial charge in [0.25, 0.3) is 0 Å². The second-order valence-electron chi connectivity index (χ2n) is 4.01. The van der Waals surface area contributed by atoms with Crippen LogP contribution in [0.5, 0.6) is 0 Å². The molecule has 4 heteroatoms. The molecule has 0 spiro atoms. The summed E-state index contributed by atoms with van der Waals surface area (Å²) in [6, 6.07) is 0. The minimum atomic E-state index is -0.334. The number of nitrogens with zero attached hydrogens (tertiary/aromatic N) is 1. The second kappa shape index (κ2) is 4.09. The van der Waals surface area contributed by atoms with Crippen LogP contribution in [-0.4, -0.2) is 17.6 Å². The van der Waals surface area contributed by atoms with Crippen molar-refractivity contribution in [3.8, 4) is 0 Å². The fourth-order valence-corrected chi connectivity index (χ4v) is 1.79. The summed E-state index contributed by atoms with van der Waals surface area (Å²) >= 11 is 1.50. The van der Waals surface area contributed by atoms with Gasteiger partial charge in [0, 0.05) is 10.8 Å². The van der Waals surface area contributed by atoms with Crippen molar-refractivity contribution in [2.45, 2.75) is 33.1 Å². The van der Waals surface area contributed by atoms with Gasteiger partial charge in [-0.15, -0.1) is 11.3 Å². The third kappa shape index (κ3) is 2.54. The average molecular weight is 213 g/mol. The van der Waals surface area contributed by atoms with Gasteiger partial charge >= 0.3 is 5.97 Å². The molecule has 0 N–H and O–H groups in total. The summed E-state index contributed by atoms with van der Waals surface area (Å²) in [5.74, 6) is -0.334. The molecule has 78 valence electrons. The van der Waals surface area contributed by atoms with E-state index < -0.39 is 0 Å². The molecule has 1 heterocycles. The van der Waals surface area contributed by atoms with Crippen LogP contribution in [0.25, 0.3) is 0 Å². The van der Waals surface area contributed by atoms with Crippen molar-refractivity contribution in [3.63, 3.8) is 0 Å². The molecule has 0 saturated heterocycles. The van der Waals surface area contributed by atoms with Crippen molar-refractivity contribution in [2.24, 2.45) is 0 Å². The molecule has 0 aliphatic carbocycles. The lowest BCUT2D eigenvalue weighted by molar-refractivity contribution is 0.0520. The van der Waals surface area contributed by atoms with Crippen LogP contribution in [0.3, 0.4) is 0 Å². The zero-order valence-electron chi connectivity index (χ0n) is 8.96. The highest BCUT2D eigenvalue weighted by atomic mass is 32.1. The molecule has 14 heavy (non-hydrogen) atoms. The van der Waals surface area contributed by atoms with E-state index in [0.29, 0.717) is 12.3 Å². The monoisotopic (exact) mass is 213 g/mol. The third-order valence-electron chi connectivity index (χ3n) is 1.63. The van der Waals surface area contributed by atoms with Crippen molar-refractivity contribution in [1.29, 1.82) is 0 Å². The first-order valence-electron chi connectivity index (χ1n) is 4.58. The summed E-state index contributed by atoms with van der Waals surface area (Å²) in [7, 11) is 0. The minimum absolute atomic E-state index is 0.00455.